The minimum atomic E-state index is 0.775. The van der Waals surface area contributed by atoms with E-state index in [9.17, 15) is 0 Å². The lowest BCUT2D eigenvalue weighted by Gasteiger charge is -2.34. The number of rotatable bonds is 9. The molecule has 1 fully saturated rings. The summed E-state index contributed by atoms with van der Waals surface area (Å²) in [7, 11) is 1.83. The molecule has 0 saturated carbocycles. The lowest BCUT2D eigenvalue weighted by Crippen LogP contribution is -2.46. The molecule has 0 aromatic rings. The van der Waals surface area contributed by atoms with Gasteiger partial charge in [-0.3, -0.25) is 0 Å². The Balaban J connectivity index is 2.09. The molecule has 1 atom stereocenters. The van der Waals surface area contributed by atoms with E-state index in [0.29, 0.717) is 0 Å². The summed E-state index contributed by atoms with van der Waals surface area (Å²) in [6.07, 6.45) is 5.26. The number of nitrogens with zero attached hydrogens (tertiary/aromatic N) is 2. The maximum absolute atomic E-state index is 5.31. The second kappa shape index (κ2) is 9.76. The molecule has 3 nitrogen and oxygen atoms in total. The first kappa shape index (κ1) is 15.9. The van der Waals surface area contributed by atoms with Crippen LogP contribution in [0.1, 0.15) is 39.5 Å². The molecule has 108 valence electrons. The summed E-state index contributed by atoms with van der Waals surface area (Å²) < 4.78 is 5.31. The molecule has 1 saturated heterocycles. The third-order valence-electron chi connectivity index (χ3n) is 4.10. The molecule has 0 aromatic carbocycles. The van der Waals surface area contributed by atoms with Gasteiger partial charge in [-0.15, -0.1) is 0 Å². The van der Waals surface area contributed by atoms with E-state index in [1.807, 2.05) is 7.11 Å². The summed E-state index contributed by atoms with van der Waals surface area (Å²) in [5.74, 6) is 0.775. The Kier molecular flexibility index (Phi) is 8.64. The highest BCUT2D eigenvalue weighted by molar-refractivity contribution is 4.71. The standard InChI is InChI=1S/C15H32N2O/c1-4-7-15(14-18-3)8-6-9-17-12-10-16(5-2)11-13-17/h15H,4-14H2,1-3H3/t15-/m0/s1. The Hall–Kier alpha value is -0.120. The first-order valence-corrected chi connectivity index (χ1v) is 7.73. The van der Waals surface area contributed by atoms with Gasteiger partial charge in [0.1, 0.15) is 0 Å². The first-order chi connectivity index (χ1) is 8.80. The van der Waals surface area contributed by atoms with Crippen LogP contribution in [-0.4, -0.2) is 62.8 Å². The second-order valence-corrected chi connectivity index (χ2v) is 5.53. The molecule has 0 unspecified atom stereocenters. The van der Waals surface area contributed by atoms with E-state index in [0.717, 1.165) is 12.5 Å². The number of piperazine rings is 1. The molecule has 3 heteroatoms. The van der Waals surface area contributed by atoms with Crippen molar-refractivity contribution in [1.82, 2.24) is 9.80 Å². The van der Waals surface area contributed by atoms with Crippen molar-refractivity contribution in [2.75, 3.05) is 53.0 Å². The third-order valence-corrected chi connectivity index (χ3v) is 4.10. The predicted molar refractivity (Wildman–Crippen MR) is 78.1 cm³/mol. The Morgan fingerprint density at radius 2 is 1.67 bits per heavy atom. The van der Waals surface area contributed by atoms with Crippen LogP contribution in [0.4, 0.5) is 0 Å². The van der Waals surface area contributed by atoms with Crippen LogP contribution in [0.5, 0.6) is 0 Å². The molecular weight excluding hydrogens is 224 g/mol. The average Bonchev–Trinajstić information content (AvgIpc) is 2.40. The van der Waals surface area contributed by atoms with Gasteiger partial charge < -0.3 is 14.5 Å². The highest BCUT2D eigenvalue weighted by Gasteiger charge is 2.15. The van der Waals surface area contributed by atoms with E-state index in [4.69, 9.17) is 4.74 Å². The highest BCUT2D eigenvalue weighted by Crippen LogP contribution is 2.14. The quantitative estimate of drug-likeness (QED) is 0.630. The van der Waals surface area contributed by atoms with E-state index in [1.165, 1.54) is 65.0 Å². The van der Waals surface area contributed by atoms with Crippen LogP contribution in [0, 0.1) is 5.92 Å². The highest BCUT2D eigenvalue weighted by atomic mass is 16.5. The molecule has 0 radical (unpaired) electrons. The Morgan fingerprint density at radius 1 is 1.00 bits per heavy atom. The van der Waals surface area contributed by atoms with Gasteiger partial charge in [0, 0.05) is 39.9 Å². The molecule has 1 aliphatic rings. The fourth-order valence-corrected chi connectivity index (χ4v) is 2.89. The molecule has 0 aliphatic carbocycles. The monoisotopic (exact) mass is 256 g/mol. The lowest BCUT2D eigenvalue weighted by molar-refractivity contribution is 0.121. The zero-order chi connectivity index (χ0) is 13.2. The van der Waals surface area contributed by atoms with Crippen LogP contribution >= 0.6 is 0 Å². The van der Waals surface area contributed by atoms with Crippen molar-refractivity contribution in [2.24, 2.45) is 5.92 Å². The van der Waals surface area contributed by atoms with Gasteiger partial charge in [0.25, 0.3) is 0 Å². The number of hydrogen-bond acceptors (Lipinski definition) is 3. The lowest BCUT2D eigenvalue weighted by atomic mass is 9.99. The van der Waals surface area contributed by atoms with Crippen molar-refractivity contribution in [3.05, 3.63) is 0 Å². The third kappa shape index (κ3) is 6.17. The molecule has 18 heavy (non-hydrogen) atoms. The van der Waals surface area contributed by atoms with Crippen molar-refractivity contribution in [3.63, 3.8) is 0 Å². The summed E-state index contributed by atoms with van der Waals surface area (Å²) in [5, 5.41) is 0. The molecule has 0 N–H and O–H groups in total. The molecule has 1 heterocycles. The van der Waals surface area contributed by atoms with Gasteiger partial charge in [-0.25, -0.2) is 0 Å². The zero-order valence-electron chi connectivity index (χ0n) is 12.7. The fourth-order valence-electron chi connectivity index (χ4n) is 2.89. The molecule has 1 aliphatic heterocycles. The van der Waals surface area contributed by atoms with Crippen LogP contribution in [0.25, 0.3) is 0 Å². The van der Waals surface area contributed by atoms with Gasteiger partial charge >= 0.3 is 0 Å². The summed E-state index contributed by atoms with van der Waals surface area (Å²) >= 11 is 0. The molecule has 0 amide bonds. The van der Waals surface area contributed by atoms with Gasteiger partial charge in [-0.05, 0) is 38.3 Å². The van der Waals surface area contributed by atoms with Crippen molar-refractivity contribution in [3.8, 4) is 0 Å². The van der Waals surface area contributed by atoms with Crippen LogP contribution in [0.15, 0.2) is 0 Å². The maximum Gasteiger partial charge on any atom is 0.0490 e. The van der Waals surface area contributed by atoms with E-state index in [1.54, 1.807) is 0 Å². The predicted octanol–water partition coefficient (Wildman–Crippen LogP) is 2.47. The number of likely N-dealkylation sites (N-methyl/N-ethyl adjacent to an activating group) is 1. The maximum atomic E-state index is 5.31. The van der Waals surface area contributed by atoms with Crippen molar-refractivity contribution in [2.45, 2.75) is 39.5 Å². The SMILES string of the molecule is CCC[C@@H](CCCN1CCN(CC)CC1)COC. The van der Waals surface area contributed by atoms with Gasteiger partial charge in [0.15, 0.2) is 0 Å². The minimum Gasteiger partial charge on any atom is -0.384 e. The fraction of sp³-hybridized carbons (Fsp3) is 1.00. The van der Waals surface area contributed by atoms with Gasteiger partial charge in [-0.2, -0.15) is 0 Å². The van der Waals surface area contributed by atoms with E-state index < -0.39 is 0 Å². The van der Waals surface area contributed by atoms with Crippen molar-refractivity contribution >= 4 is 0 Å². The van der Waals surface area contributed by atoms with Gasteiger partial charge in [-0.1, -0.05) is 20.3 Å². The average molecular weight is 256 g/mol. The Labute approximate surface area is 113 Å². The Bertz CT molecular complexity index is 185. The van der Waals surface area contributed by atoms with Gasteiger partial charge in [0.05, 0.1) is 0 Å². The number of ether oxygens (including phenoxy) is 1. The summed E-state index contributed by atoms with van der Waals surface area (Å²) in [5.41, 5.74) is 0. The molecule has 0 spiro atoms. The smallest absolute Gasteiger partial charge is 0.0490 e. The summed E-state index contributed by atoms with van der Waals surface area (Å²) in [4.78, 5) is 5.17. The molecule has 1 rings (SSSR count). The van der Waals surface area contributed by atoms with Gasteiger partial charge in [0.2, 0.25) is 0 Å². The Morgan fingerprint density at radius 3 is 2.22 bits per heavy atom. The van der Waals surface area contributed by atoms with Crippen molar-refractivity contribution in [1.29, 1.82) is 0 Å². The molecular formula is C15H32N2O. The minimum absolute atomic E-state index is 0.775. The number of hydrogen-bond donors (Lipinski definition) is 0. The summed E-state index contributed by atoms with van der Waals surface area (Å²) in [6.45, 7) is 13.0. The molecule has 0 aromatic heterocycles. The summed E-state index contributed by atoms with van der Waals surface area (Å²) in [6, 6.07) is 0. The zero-order valence-corrected chi connectivity index (χ0v) is 12.7. The van der Waals surface area contributed by atoms with Crippen LogP contribution in [-0.2, 0) is 4.74 Å². The second-order valence-electron chi connectivity index (χ2n) is 5.53. The normalized spacial score (nSPS) is 20.2. The topological polar surface area (TPSA) is 15.7 Å². The van der Waals surface area contributed by atoms with Crippen LogP contribution in [0.3, 0.4) is 0 Å². The van der Waals surface area contributed by atoms with Crippen LogP contribution in [0.2, 0.25) is 0 Å². The van der Waals surface area contributed by atoms with Crippen molar-refractivity contribution < 1.29 is 4.74 Å². The number of methoxy groups -OCH3 is 1. The van der Waals surface area contributed by atoms with E-state index >= 15 is 0 Å². The van der Waals surface area contributed by atoms with E-state index in [2.05, 4.69) is 23.6 Å². The largest absolute Gasteiger partial charge is 0.384 e. The van der Waals surface area contributed by atoms with Crippen LogP contribution < -0.4 is 0 Å². The van der Waals surface area contributed by atoms with E-state index in [-0.39, 0.29) is 0 Å². The first-order valence-electron chi connectivity index (χ1n) is 7.73. The molecule has 0 bridgehead atoms.